The Labute approximate surface area is 114 Å². The van der Waals surface area contributed by atoms with Crippen LogP contribution in [0.3, 0.4) is 0 Å². The quantitative estimate of drug-likeness (QED) is 0.904. The van der Waals surface area contributed by atoms with E-state index in [1.54, 1.807) is 14.0 Å². The van der Waals surface area contributed by atoms with E-state index >= 15 is 0 Å². The summed E-state index contributed by atoms with van der Waals surface area (Å²) in [6.45, 7) is 1.71. The minimum Gasteiger partial charge on any atom is -0.396 e. The second-order valence-electron chi connectivity index (χ2n) is 4.47. The number of carbonyl (C=O) groups is 1. The molecule has 0 fully saturated rings. The van der Waals surface area contributed by atoms with Crippen molar-refractivity contribution in [3.63, 3.8) is 0 Å². The van der Waals surface area contributed by atoms with Gasteiger partial charge in [0.2, 0.25) is 0 Å². The van der Waals surface area contributed by atoms with Gasteiger partial charge in [0.15, 0.2) is 11.6 Å². The highest BCUT2D eigenvalue weighted by Gasteiger charge is 2.22. The van der Waals surface area contributed by atoms with Crippen LogP contribution in [-0.2, 0) is 0 Å². The summed E-state index contributed by atoms with van der Waals surface area (Å²) in [5.74, 6) is -2.25. The number of nitrogens with one attached hydrogen (secondary N) is 1. The van der Waals surface area contributed by atoms with E-state index in [0.29, 0.717) is 5.56 Å². The predicted molar refractivity (Wildman–Crippen MR) is 69.9 cm³/mol. The van der Waals surface area contributed by atoms with Crippen molar-refractivity contribution in [2.75, 3.05) is 12.8 Å². The van der Waals surface area contributed by atoms with E-state index in [0.717, 1.165) is 12.1 Å². The highest BCUT2D eigenvalue weighted by atomic mass is 19.2. The number of benzene rings is 1. The number of H-pyrrole nitrogens is 1. The average Bonchev–Trinajstić information content (AvgIpc) is 2.85. The number of nitrogens with two attached hydrogens (primary N) is 1. The first kappa shape index (κ1) is 14.0. The van der Waals surface area contributed by atoms with Crippen LogP contribution in [0.5, 0.6) is 0 Å². The number of carbonyl (C=O) groups excluding carboxylic acids is 1. The first-order valence-electron chi connectivity index (χ1n) is 5.92. The standard InChI is InChI=1S/C13H14F2N4O/c1-7(8-3-4-9(14)10(15)5-8)19(2)13(20)12-11(16)6-17-18-12/h3-7H,16H2,1-2H3,(H,17,18). The first-order chi connectivity index (χ1) is 9.41. The van der Waals surface area contributed by atoms with E-state index in [9.17, 15) is 13.6 Å². The van der Waals surface area contributed by atoms with Gasteiger partial charge in [0.25, 0.3) is 5.91 Å². The van der Waals surface area contributed by atoms with Gasteiger partial charge in [-0.25, -0.2) is 8.78 Å². The van der Waals surface area contributed by atoms with Crippen LogP contribution in [0.1, 0.15) is 29.0 Å². The molecule has 0 bridgehead atoms. The molecule has 1 unspecified atom stereocenters. The number of amides is 1. The molecule has 0 aliphatic heterocycles. The number of aromatic nitrogens is 2. The van der Waals surface area contributed by atoms with Crippen molar-refractivity contribution in [1.82, 2.24) is 15.1 Å². The van der Waals surface area contributed by atoms with E-state index in [1.165, 1.54) is 17.2 Å². The number of aromatic amines is 1. The van der Waals surface area contributed by atoms with Crippen LogP contribution < -0.4 is 5.73 Å². The Morgan fingerprint density at radius 1 is 1.40 bits per heavy atom. The maximum absolute atomic E-state index is 13.2. The van der Waals surface area contributed by atoms with Gasteiger partial charge in [0.1, 0.15) is 5.69 Å². The molecule has 2 aromatic rings. The topological polar surface area (TPSA) is 75.0 Å². The van der Waals surface area contributed by atoms with Crippen molar-refractivity contribution in [3.8, 4) is 0 Å². The van der Waals surface area contributed by atoms with Crippen molar-refractivity contribution in [2.24, 2.45) is 0 Å². The fourth-order valence-electron chi connectivity index (χ4n) is 1.81. The third kappa shape index (κ3) is 2.47. The summed E-state index contributed by atoms with van der Waals surface area (Å²) in [5, 5.41) is 6.19. The van der Waals surface area contributed by atoms with E-state index in [-0.39, 0.29) is 17.3 Å². The third-order valence-electron chi connectivity index (χ3n) is 3.21. The number of rotatable bonds is 3. The number of hydrogen-bond donors (Lipinski definition) is 2. The van der Waals surface area contributed by atoms with Crippen LogP contribution >= 0.6 is 0 Å². The normalized spacial score (nSPS) is 12.2. The minimum atomic E-state index is -0.948. The summed E-state index contributed by atoms with van der Waals surface area (Å²) in [6, 6.07) is 3.09. The third-order valence-corrected chi connectivity index (χ3v) is 3.21. The molecule has 3 N–H and O–H groups in total. The molecule has 1 amide bonds. The minimum absolute atomic E-state index is 0.168. The van der Waals surface area contributed by atoms with Gasteiger partial charge in [0.05, 0.1) is 17.9 Å². The summed E-state index contributed by atoms with van der Waals surface area (Å²) >= 11 is 0. The van der Waals surface area contributed by atoms with Crippen LogP contribution in [0.2, 0.25) is 0 Å². The number of halogens is 2. The highest BCUT2D eigenvalue weighted by Crippen LogP contribution is 2.23. The monoisotopic (exact) mass is 280 g/mol. The van der Waals surface area contributed by atoms with Gasteiger partial charge in [-0.1, -0.05) is 6.07 Å². The largest absolute Gasteiger partial charge is 0.396 e. The Balaban J connectivity index is 2.24. The summed E-state index contributed by atoms with van der Waals surface area (Å²) in [4.78, 5) is 13.6. The maximum Gasteiger partial charge on any atom is 0.274 e. The Bertz CT molecular complexity index is 641. The fraction of sp³-hybridized carbons (Fsp3) is 0.231. The molecule has 0 aliphatic rings. The molecule has 2 rings (SSSR count). The zero-order valence-electron chi connectivity index (χ0n) is 11.0. The lowest BCUT2D eigenvalue weighted by atomic mass is 10.1. The van der Waals surface area contributed by atoms with Gasteiger partial charge in [-0.2, -0.15) is 5.10 Å². The predicted octanol–water partition coefficient (Wildman–Crippen LogP) is 2.10. The van der Waals surface area contributed by atoms with Crippen LogP contribution in [-0.4, -0.2) is 28.1 Å². The Hall–Kier alpha value is -2.44. The molecule has 5 nitrogen and oxygen atoms in total. The number of hydrogen-bond acceptors (Lipinski definition) is 3. The zero-order chi connectivity index (χ0) is 14.9. The molecule has 0 aliphatic carbocycles. The smallest absolute Gasteiger partial charge is 0.274 e. The highest BCUT2D eigenvalue weighted by molar-refractivity contribution is 5.97. The molecule has 1 atom stereocenters. The van der Waals surface area contributed by atoms with Crippen molar-refractivity contribution in [3.05, 3.63) is 47.3 Å². The molecule has 1 aromatic heterocycles. The molecule has 0 radical (unpaired) electrons. The van der Waals surface area contributed by atoms with Gasteiger partial charge >= 0.3 is 0 Å². The molecule has 0 spiro atoms. The van der Waals surface area contributed by atoms with E-state index < -0.39 is 17.7 Å². The van der Waals surface area contributed by atoms with Crippen LogP contribution in [0.4, 0.5) is 14.5 Å². The van der Waals surface area contributed by atoms with Gasteiger partial charge in [-0.05, 0) is 24.6 Å². The summed E-state index contributed by atoms with van der Waals surface area (Å²) in [6.07, 6.45) is 1.34. The van der Waals surface area contributed by atoms with E-state index in [1.807, 2.05) is 0 Å². The van der Waals surface area contributed by atoms with Crippen molar-refractivity contribution < 1.29 is 13.6 Å². The van der Waals surface area contributed by atoms with Crippen LogP contribution in [0.25, 0.3) is 0 Å². The first-order valence-corrected chi connectivity index (χ1v) is 5.92. The lowest BCUT2D eigenvalue weighted by Gasteiger charge is -2.25. The molecule has 106 valence electrons. The van der Waals surface area contributed by atoms with Crippen molar-refractivity contribution >= 4 is 11.6 Å². The van der Waals surface area contributed by atoms with Crippen LogP contribution in [0.15, 0.2) is 24.4 Å². The summed E-state index contributed by atoms with van der Waals surface area (Å²) < 4.78 is 26.1. The Morgan fingerprint density at radius 3 is 2.65 bits per heavy atom. The lowest BCUT2D eigenvalue weighted by Crippen LogP contribution is -2.30. The summed E-state index contributed by atoms with van der Waals surface area (Å²) in [5.41, 5.74) is 6.50. The molecule has 0 saturated carbocycles. The SMILES string of the molecule is CC(c1ccc(F)c(F)c1)N(C)C(=O)c1[nH]ncc1N. The van der Waals surface area contributed by atoms with Crippen LogP contribution in [0, 0.1) is 11.6 Å². The molecule has 1 heterocycles. The fourth-order valence-corrected chi connectivity index (χ4v) is 1.81. The number of nitrogen functional groups attached to an aromatic ring is 1. The molecular weight excluding hydrogens is 266 g/mol. The lowest BCUT2D eigenvalue weighted by molar-refractivity contribution is 0.0737. The van der Waals surface area contributed by atoms with Crippen molar-refractivity contribution in [1.29, 1.82) is 0 Å². The maximum atomic E-state index is 13.2. The Kier molecular flexibility index (Phi) is 3.69. The van der Waals surface area contributed by atoms with Gasteiger partial charge < -0.3 is 10.6 Å². The van der Waals surface area contributed by atoms with Crippen molar-refractivity contribution in [2.45, 2.75) is 13.0 Å². The molecule has 20 heavy (non-hydrogen) atoms. The van der Waals surface area contributed by atoms with Gasteiger partial charge in [-0.3, -0.25) is 9.89 Å². The molecular formula is C13H14F2N4O. The van der Waals surface area contributed by atoms with Gasteiger partial charge in [0, 0.05) is 7.05 Å². The summed E-state index contributed by atoms with van der Waals surface area (Å²) in [7, 11) is 1.55. The molecule has 7 heteroatoms. The molecule has 0 saturated heterocycles. The number of anilines is 1. The Morgan fingerprint density at radius 2 is 2.10 bits per heavy atom. The average molecular weight is 280 g/mol. The molecule has 1 aromatic carbocycles. The second-order valence-corrected chi connectivity index (χ2v) is 4.47. The van der Waals surface area contributed by atoms with Gasteiger partial charge in [-0.15, -0.1) is 0 Å². The number of nitrogens with zero attached hydrogens (tertiary/aromatic N) is 2. The van der Waals surface area contributed by atoms with E-state index in [4.69, 9.17) is 5.73 Å². The zero-order valence-corrected chi connectivity index (χ0v) is 11.0. The second kappa shape index (κ2) is 5.28. The van der Waals surface area contributed by atoms with E-state index in [2.05, 4.69) is 10.2 Å².